The molecule has 0 amide bonds. The molecule has 5 heavy (non-hydrogen) atoms. The van der Waals surface area contributed by atoms with Crippen molar-refractivity contribution in [3.8, 4) is 0 Å². The predicted molar refractivity (Wildman–Crippen MR) is 23.6 cm³/mol. The van der Waals surface area contributed by atoms with Crippen LogP contribution in [0.3, 0.4) is 0 Å². The Kier molecular flexibility index (Phi) is 0.751. The molecule has 0 N–H and O–H groups in total. The summed E-state index contributed by atoms with van der Waals surface area (Å²) in [6.45, 7) is 0. The van der Waals surface area contributed by atoms with Gasteiger partial charge in [-0.2, -0.15) is 0 Å². The predicted octanol–water partition coefficient (Wildman–Crippen LogP) is 0.372. The van der Waals surface area contributed by atoms with E-state index in [4.69, 9.17) is 0 Å². The van der Waals surface area contributed by atoms with E-state index in [0.29, 0.717) is 0 Å². The molecule has 0 saturated carbocycles. The first-order valence-corrected chi connectivity index (χ1v) is 2.18. The molecule has 0 spiro atoms. The van der Waals surface area contributed by atoms with E-state index in [2.05, 4.69) is 11.2 Å². The van der Waals surface area contributed by atoms with E-state index in [1.807, 2.05) is 0 Å². The number of hydrogen-bond donors (Lipinski definition) is 0. The third-order valence-electron chi connectivity index (χ3n) is 0.309. The molecule has 0 saturated heterocycles. The molecule has 0 aromatic heterocycles. The van der Waals surface area contributed by atoms with Crippen LogP contribution in [0.4, 0.5) is 0 Å². The molecule has 0 aromatic rings. The maximum atomic E-state index is 3.62. The lowest BCUT2D eigenvalue weighted by atomic mass is 11.1. The van der Waals surface area contributed by atoms with Gasteiger partial charge in [-0.25, -0.2) is 0 Å². The van der Waals surface area contributed by atoms with Crippen LogP contribution in [0.5, 0.6) is 0 Å². The lowest BCUT2D eigenvalue weighted by Crippen LogP contribution is -1.62. The third-order valence-corrected chi connectivity index (χ3v) is 0.777. The van der Waals surface area contributed by atoms with Gasteiger partial charge in [-0.15, -0.1) is 0 Å². The molecule has 1 heterocycles. The SMILES string of the molecule is [C]1=CSC=[N+]1. The van der Waals surface area contributed by atoms with Crippen molar-refractivity contribution in [2.45, 2.75) is 0 Å². The van der Waals surface area contributed by atoms with E-state index in [0.717, 1.165) is 0 Å². The van der Waals surface area contributed by atoms with Crippen molar-refractivity contribution in [3.63, 3.8) is 0 Å². The summed E-state index contributed by atoms with van der Waals surface area (Å²) >= 11 is 1.55. The topological polar surface area (TPSA) is 14.1 Å². The second kappa shape index (κ2) is 1.26. The molecule has 0 atom stereocenters. The minimum absolute atomic E-state index is 1.55. The highest BCUT2D eigenvalue weighted by molar-refractivity contribution is 8.14. The normalized spacial score (nSPS) is 17.6. The Balaban J connectivity index is 2.61. The first kappa shape index (κ1) is 2.97. The van der Waals surface area contributed by atoms with E-state index < -0.39 is 0 Å². The van der Waals surface area contributed by atoms with Crippen molar-refractivity contribution in [1.82, 2.24) is 4.99 Å². The maximum absolute atomic E-state index is 3.62. The zero-order valence-electron chi connectivity index (χ0n) is 2.51. The molecule has 0 fully saturated rings. The summed E-state index contributed by atoms with van der Waals surface area (Å²) in [5.41, 5.74) is 1.74. The summed E-state index contributed by atoms with van der Waals surface area (Å²) in [6.07, 6.45) is 2.63. The molecule has 0 unspecified atom stereocenters. The average Bonchev–Trinajstić information content (AvgIpc) is 1.76. The second-order valence-corrected chi connectivity index (χ2v) is 1.34. The number of aliphatic imine (C=N–C) groups is 1. The maximum Gasteiger partial charge on any atom is 0.362 e. The third kappa shape index (κ3) is 0.514. The van der Waals surface area contributed by atoms with Gasteiger partial charge < -0.3 is 0 Å². The van der Waals surface area contributed by atoms with Crippen molar-refractivity contribution < 1.29 is 0 Å². The van der Waals surface area contributed by atoms with Crippen molar-refractivity contribution in [2.75, 3.05) is 0 Å². The van der Waals surface area contributed by atoms with E-state index in [1.165, 1.54) is 0 Å². The number of thioether (sulfide) groups is 1. The Morgan fingerprint density at radius 2 is 2.80 bits per heavy atom. The molecule has 0 aromatic carbocycles. The molecule has 2 heteroatoms. The van der Waals surface area contributed by atoms with Crippen LogP contribution in [0, 0.1) is 6.20 Å². The second-order valence-electron chi connectivity index (χ2n) is 0.618. The van der Waals surface area contributed by atoms with E-state index in [9.17, 15) is 0 Å². The molecule has 0 bridgehead atoms. The van der Waals surface area contributed by atoms with Gasteiger partial charge in [-0.3, -0.25) is 0 Å². The van der Waals surface area contributed by atoms with Crippen LogP contribution >= 0.6 is 11.8 Å². The number of hydrogen-bond acceptors (Lipinski definition) is 2. The first-order chi connectivity index (χ1) is 2.50. The monoisotopic (exact) mass is 84.0 g/mol. The van der Waals surface area contributed by atoms with Gasteiger partial charge in [0, 0.05) is 0 Å². The molecular formula is C3H2NS+. The quantitative estimate of drug-likeness (QED) is 0.413. The average molecular weight is 84.1 g/mol. The van der Waals surface area contributed by atoms with Crippen LogP contribution in [-0.4, -0.2) is 5.55 Å². The van der Waals surface area contributed by atoms with Gasteiger partial charge >= 0.3 is 6.20 Å². The molecule has 24 valence electrons. The molecule has 2 radical (unpaired) electrons. The summed E-state index contributed by atoms with van der Waals surface area (Å²) in [5.74, 6) is 0. The minimum Gasteiger partial charge on any atom is -0.0226 e. The van der Waals surface area contributed by atoms with Crippen LogP contribution in [-0.2, 0) is 0 Å². The summed E-state index contributed by atoms with van der Waals surface area (Å²) in [5, 5.41) is 1.81. The number of nitrogens with zero attached hydrogens (tertiary/aromatic N) is 1. The lowest BCUT2D eigenvalue weighted by Gasteiger charge is -1.44. The first-order valence-electron chi connectivity index (χ1n) is 1.24. The Hall–Kier alpha value is -0.240. The standard InChI is InChI=1S/C3H2NS/c1-2-5-3-4-1/h2-3H/q+1. The molecular weight excluding hydrogens is 82.1 g/mol. The molecule has 1 aliphatic heterocycles. The highest BCUT2D eigenvalue weighted by Gasteiger charge is 1.93. The fourth-order valence-corrected chi connectivity index (χ4v) is 0.456. The molecule has 0 aliphatic carbocycles. The Labute approximate surface area is 34.8 Å². The highest BCUT2D eigenvalue weighted by Crippen LogP contribution is 1.95. The van der Waals surface area contributed by atoms with Gasteiger partial charge in [0.1, 0.15) is 0 Å². The largest absolute Gasteiger partial charge is 0.362 e. The molecule has 1 rings (SSSR count). The summed E-state index contributed by atoms with van der Waals surface area (Å²) in [4.78, 5) is 3.62. The van der Waals surface area contributed by atoms with Crippen molar-refractivity contribution in [2.24, 2.45) is 0 Å². The van der Waals surface area contributed by atoms with Gasteiger partial charge in [0.2, 0.25) is 0 Å². The summed E-state index contributed by atoms with van der Waals surface area (Å²) in [7, 11) is 0. The highest BCUT2D eigenvalue weighted by atomic mass is 32.2. The smallest absolute Gasteiger partial charge is 0.0226 e. The van der Waals surface area contributed by atoms with Crippen molar-refractivity contribution in [3.05, 3.63) is 11.6 Å². The fourth-order valence-electron chi connectivity index (χ4n) is 0.152. The Morgan fingerprint density at radius 1 is 1.80 bits per heavy atom. The zero-order valence-corrected chi connectivity index (χ0v) is 3.33. The Bertz CT molecular complexity index is 65.0. The van der Waals surface area contributed by atoms with Gasteiger partial charge in [-0.05, 0) is 11.8 Å². The minimum atomic E-state index is 1.55. The van der Waals surface area contributed by atoms with Crippen molar-refractivity contribution in [1.29, 1.82) is 0 Å². The zero-order chi connectivity index (χ0) is 3.54. The van der Waals surface area contributed by atoms with Crippen LogP contribution in [0.15, 0.2) is 5.41 Å². The van der Waals surface area contributed by atoms with E-state index in [-0.39, 0.29) is 0 Å². The molecule has 1 nitrogen and oxygen atoms in total. The fraction of sp³-hybridized carbons (Fsp3) is 0. The van der Waals surface area contributed by atoms with Gasteiger partial charge in [-0.1, -0.05) is 0 Å². The van der Waals surface area contributed by atoms with Crippen LogP contribution in [0.1, 0.15) is 0 Å². The lowest BCUT2D eigenvalue weighted by molar-refractivity contribution is 1.38. The number of rotatable bonds is 0. The van der Waals surface area contributed by atoms with Gasteiger partial charge in [0.15, 0.2) is 0 Å². The van der Waals surface area contributed by atoms with E-state index in [1.54, 1.807) is 22.7 Å². The van der Waals surface area contributed by atoms with Gasteiger partial charge in [0.05, 0.1) is 10.4 Å². The van der Waals surface area contributed by atoms with Gasteiger partial charge in [0.25, 0.3) is 5.55 Å². The summed E-state index contributed by atoms with van der Waals surface area (Å²) < 4.78 is 0. The van der Waals surface area contributed by atoms with Crippen LogP contribution in [0.25, 0.3) is 0 Å². The van der Waals surface area contributed by atoms with Crippen LogP contribution in [0.2, 0.25) is 0 Å². The Morgan fingerprint density at radius 3 is 3.00 bits per heavy atom. The van der Waals surface area contributed by atoms with Crippen molar-refractivity contribution >= 4 is 17.3 Å². The summed E-state index contributed by atoms with van der Waals surface area (Å²) in [6, 6.07) is 0. The van der Waals surface area contributed by atoms with Crippen LogP contribution < -0.4 is 4.99 Å². The molecule has 1 aliphatic rings. The van der Waals surface area contributed by atoms with E-state index >= 15 is 0 Å².